The molecule has 0 aliphatic heterocycles. The summed E-state index contributed by atoms with van der Waals surface area (Å²) in [4.78, 5) is 25.4. The van der Waals surface area contributed by atoms with E-state index in [1.165, 1.54) is 154 Å². The quantitative estimate of drug-likeness (QED) is 0.0346. The average Bonchev–Trinajstić information content (AvgIpc) is 3.27. The molecule has 0 aromatic rings. The van der Waals surface area contributed by atoms with E-state index < -0.39 is 6.10 Å². The molecule has 0 spiro atoms. The molecule has 0 aromatic carbocycles. The van der Waals surface area contributed by atoms with E-state index in [9.17, 15) is 9.59 Å². The number of allylic oxidation sites excluding steroid dienone is 10. The van der Waals surface area contributed by atoms with Crippen molar-refractivity contribution in [2.75, 3.05) is 19.8 Å². The van der Waals surface area contributed by atoms with Crippen molar-refractivity contribution in [3.63, 3.8) is 0 Å². The third-order valence-corrected chi connectivity index (χ3v) is 11.5. The van der Waals surface area contributed by atoms with Crippen molar-refractivity contribution in [1.29, 1.82) is 0 Å². The van der Waals surface area contributed by atoms with Crippen LogP contribution >= 0.6 is 0 Å². The molecule has 5 heteroatoms. The standard InChI is InChI=1S/C57H102O5/c1-4-7-10-13-16-19-22-25-27-28-29-31-34-37-40-43-46-49-52-60-53-55(62-57(59)51-48-45-42-39-36-32-24-21-18-15-12-9-6-3)54-61-56(58)50-47-44-41-38-35-33-30-26-23-20-17-14-11-8-5-2/h12,15,17,20-21,24-27,30,55H,4-11,13-14,16,18-19,22-23,28-29,31-54H2,1-3H3/b15-12-,20-17-,24-21-,27-25-,30-26-. The summed E-state index contributed by atoms with van der Waals surface area (Å²) in [6.07, 6.45) is 66.6. The lowest BCUT2D eigenvalue weighted by Gasteiger charge is -2.18. The second-order valence-electron chi connectivity index (χ2n) is 17.8. The topological polar surface area (TPSA) is 61.8 Å². The Bertz CT molecular complexity index is 1070. The summed E-state index contributed by atoms with van der Waals surface area (Å²) < 4.78 is 17.4. The Morgan fingerprint density at radius 2 is 0.710 bits per heavy atom. The minimum absolute atomic E-state index is 0.0711. The second-order valence-corrected chi connectivity index (χ2v) is 17.8. The van der Waals surface area contributed by atoms with Gasteiger partial charge in [0, 0.05) is 19.4 Å². The highest BCUT2D eigenvalue weighted by Gasteiger charge is 2.17. The number of unbranched alkanes of at least 4 members (excludes halogenated alkanes) is 28. The van der Waals surface area contributed by atoms with Crippen molar-refractivity contribution in [2.24, 2.45) is 0 Å². The molecule has 0 aliphatic carbocycles. The second kappa shape index (κ2) is 52.9. The van der Waals surface area contributed by atoms with Gasteiger partial charge in [0.2, 0.25) is 0 Å². The summed E-state index contributed by atoms with van der Waals surface area (Å²) >= 11 is 0. The Balaban J connectivity index is 4.28. The van der Waals surface area contributed by atoms with Gasteiger partial charge in [0.25, 0.3) is 0 Å². The zero-order chi connectivity index (χ0) is 44.9. The number of hydrogen-bond donors (Lipinski definition) is 0. The highest BCUT2D eigenvalue weighted by Crippen LogP contribution is 2.14. The van der Waals surface area contributed by atoms with Crippen molar-refractivity contribution in [2.45, 2.75) is 271 Å². The monoisotopic (exact) mass is 867 g/mol. The summed E-state index contributed by atoms with van der Waals surface area (Å²) in [5, 5.41) is 0. The summed E-state index contributed by atoms with van der Waals surface area (Å²) in [6.45, 7) is 7.72. The first-order valence-electron chi connectivity index (χ1n) is 26.8. The molecule has 0 amide bonds. The van der Waals surface area contributed by atoms with Crippen molar-refractivity contribution in [1.82, 2.24) is 0 Å². The predicted molar refractivity (Wildman–Crippen MR) is 270 cm³/mol. The lowest BCUT2D eigenvalue weighted by atomic mass is 10.1. The lowest BCUT2D eigenvalue weighted by Crippen LogP contribution is -2.30. The molecule has 0 heterocycles. The van der Waals surface area contributed by atoms with Crippen LogP contribution in [0.4, 0.5) is 0 Å². The van der Waals surface area contributed by atoms with Gasteiger partial charge in [0.1, 0.15) is 6.61 Å². The van der Waals surface area contributed by atoms with Crippen molar-refractivity contribution in [3.8, 4) is 0 Å². The zero-order valence-electron chi connectivity index (χ0n) is 41.4. The molecule has 0 radical (unpaired) electrons. The van der Waals surface area contributed by atoms with E-state index in [0.29, 0.717) is 19.4 Å². The lowest BCUT2D eigenvalue weighted by molar-refractivity contribution is -0.163. The molecular weight excluding hydrogens is 765 g/mol. The van der Waals surface area contributed by atoms with Crippen LogP contribution in [0.25, 0.3) is 0 Å². The molecule has 1 unspecified atom stereocenters. The smallest absolute Gasteiger partial charge is 0.306 e. The number of esters is 2. The molecule has 0 saturated carbocycles. The maximum Gasteiger partial charge on any atom is 0.306 e. The van der Waals surface area contributed by atoms with Crippen LogP contribution in [0, 0.1) is 0 Å². The molecule has 0 N–H and O–H groups in total. The predicted octanol–water partition coefficient (Wildman–Crippen LogP) is 18.1. The van der Waals surface area contributed by atoms with E-state index in [4.69, 9.17) is 14.2 Å². The molecular formula is C57H102O5. The minimum Gasteiger partial charge on any atom is -0.462 e. The first-order chi connectivity index (χ1) is 30.6. The van der Waals surface area contributed by atoms with Crippen LogP contribution in [0.1, 0.15) is 265 Å². The average molecular weight is 867 g/mol. The molecule has 360 valence electrons. The Hall–Kier alpha value is -2.40. The van der Waals surface area contributed by atoms with Crippen LogP contribution in [-0.2, 0) is 23.8 Å². The maximum absolute atomic E-state index is 12.8. The minimum atomic E-state index is -0.551. The molecule has 0 saturated heterocycles. The summed E-state index contributed by atoms with van der Waals surface area (Å²) in [5.74, 6) is -0.425. The number of rotatable bonds is 49. The first-order valence-corrected chi connectivity index (χ1v) is 26.8. The van der Waals surface area contributed by atoms with Gasteiger partial charge in [-0.15, -0.1) is 0 Å². The maximum atomic E-state index is 12.8. The highest BCUT2D eigenvalue weighted by atomic mass is 16.6. The van der Waals surface area contributed by atoms with E-state index in [-0.39, 0.29) is 25.2 Å². The summed E-state index contributed by atoms with van der Waals surface area (Å²) in [6, 6.07) is 0. The largest absolute Gasteiger partial charge is 0.462 e. The third kappa shape index (κ3) is 50.2. The Kier molecular flexibility index (Phi) is 50.9. The van der Waals surface area contributed by atoms with Crippen LogP contribution in [0.15, 0.2) is 60.8 Å². The van der Waals surface area contributed by atoms with E-state index >= 15 is 0 Å². The molecule has 0 aliphatic rings. The van der Waals surface area contributed by atoms with Crippen LogP contribution < -0.4 is 0 Å². The highest BCUT2D eigenvalue weighted by molar-refractivity contribution is 5.70. The summed E-state index contributed by atoms with van der Waals surface area (Å²) in [5.41, 5.74) is 0. The fraction of sp³-hybridized carbons (Fsp3) is 0.789. The van der Waals surface area contributed by atoms with Gasteiger partial charge in [-0.25, -0.2) is 0 Å². The van der Waals surface area contributed by atoms with Crippen LogP contribution in [-0.4, -0.2) is 37.9 Å². The van der Waals surface area contributed by atoms with Gasteiger partial charge in [0.05, 0.1) is 6.61 Å². The number of carbonyl (C=O) groups excluding carboxylic acids is 2. The number of ether oxygens (including phenoxy) is 3. The summed E-state index contributed by atoms with van der Waals surface area (Å²) in [7, 11) is 0. The van der Waals surface area contributed by atoms with Gasteiger partial charge in [-0.1, -0.05) is 210 Å². The molecule has 0 aromatic heterocycles. The van der Waals surface area contributed by atoms with Crippen molar-refractivity contribution in [3.05, 3.63) is 60.8 Å². The van der Waals surface area contributed by atoms with Gasteiger partial charge in [-0.05, 0) is 103 Å². The Morgan fingerprint density at radius 3 is 1.18 bits per heavy atom. The van der Waals surface area contributed by atoms with Gasteiger partial charge in [0.15, 0.2) is 6.10 Å². The SMILES string of the molecule is CCC/C=C\C/C=C\CCCCCCCC(=O)OC(COCCCCCCCCCC/C=C\CCCCCCCC)COC(=O)CCCCCCC/C=C\C/C=C\CCCCC. The fourth-order valence-corrected chi connectivity index (χ4v) is 7.46. The van der Waals surface area contributed by atoms with Gasteiger partial charge in [-0.3, -0.25) is 9.59 Å². The number of carbonyl (C=O) groups is 2. The molecule has 5 nitrogen and oxygen atoms in total. The third-order valence-electron chi connectivity index (χ3n) is 11.5. The van der Waals surface area contributed by atoms with Crippen LogP contribution in [0.2, 0.25) is 0 Å². The van der Waals surface area contributed by atoms with E-state index in [1.54, 1.807) is 0 Å². The molecule has 1 atom stereocenters. The van der Waals surface area contributed by atoms with Gasteiger partial charge < -0.3 is 14.2 Å². The van der Waals surface area contributed by atoms with Crippen molar-refractivity contribution >= 4 is 11.9 Å². The first kappa shape index (κ1) is 59.6. The van der Waals surface area contributed by atoms with Gasteiger partial charge in [-0.2, -0.15) is 0 Å². The Morgan fingerprint density at radius 1 is 0.355 bits per heavy atom. The normalized spacial score (nSPS) is 12.6. The molecule has 0 bridgehead atoms. The van der Waals surface area contributed by atoms with E-state index in [0.717, 1.165) is 77.0 Å². The Labute approximate surface area is 385 Å². The zero-order valence-corrected chi connectivity index (χ0v) is 41.4. The van der Waals surface area contributed by atoms with E-state index in [2.05, 4.69) is 81.5 Å². The molecule has 0 rings (SSSR count). The molecule has 62 heavy (non-hydrogen) atoms. The number of hydrogen-bond acceptors (Lipinski definition) is 5. The van der Waals surface area contributed by atoms with Gasteiger partial charge >= 0.3 is 11.9 Å². The van der Waals surface area contributed by atoms with Crippen molar-refractivity contribution < 1.29 is 23.8 Å². The van der Waals surface area contributed by atoms with Crippen LogP contribution in [0.3, 0.4) is 0 Å². The van der Waals surface area contributed by atoms with E-state index in [1.807, 2.05) is 0 Å². The van der Waals surface area contributed by atoms with Crippen LogP contribution in [0.5, 0.6) is 0 Å². The molecule has 0 fully saturated rings. The fourth-order valence-electron chi connectivity index (χ4n) is 7.46.